The van der Waals surface area contributed by atoms with Crippen molar-refractivity contribution >= 4 is 11.8 Å². The monoisotopic (exact) mass is 400 g/mol. The van der Waals surface area contributed by atoms with Crippen LogP contribution in [0.2, 0.25) is 0 Å². The molecular weight excluding hydrogens is 372 g/mol. The van der Waals surface area contributed by atoms with Crippen molar-refractivity contribution in [2.75, 3.05) is 32.8 Å². The number of hydrogen-bond donors (Lipinski definition) is 0. The maximum atomic E-state index is 12.9. The quantitative estimate of drug-likeness (QED) is 0.723. The van der Waals surface area contributed by atoms with E-state index < -0.39 is 0 Å². The minimum Gasteiger partial charge on any atom is -0.381 e. The van der Waals surface area contributed by atoms with Gasteiger partial charge in [-0.2, -0.15) is 5.10 Å². The fourth-order valence-corrected chi connectivity index (χ4v) is 4.81. The van der Waals surface area contributed by atoms with Gasteiger partial charge in [0.15, 0.2) is 0 Å². The van der Waals surface area contributed by atoms with Crippen LogP contribution in [-0.2, 0) is 20.9 Å². The van der Waals surface area contributed by atoms with E-state index in [0.29, 0.717) is 51.7 Å². The van der Waals surface area contributed by atoms with Crippen LogP contribution in [0.1, 0.15) is 43.7 Å². The Balaban J connectivity index is 1.14. The molecule has 8 heteroatoms. The largest absolute Gasteiger partial charge is 0.381 e. The normalized spacial score (nSPS) is 26.1. The molecule has 3 aliphatic heterocycles. The molecular formula is C21H28N4O4. The lowest BCUT2D eigenvalue weighted by molar-refractivity contribution is -0.142. The van der Waals surface area contributed by atoms with Crippen LogP contribution < -0.4 is 5.56 Å². The number of amides is 2. The second-order valence-corrected chi connectivity index (χ2v) is 8.95. The standard InChI is InChI=1S/C21H28N4O4/c26-19-4-3-18(15-1-2-15)22-25(19)12-14-10-23(11-14)21(28)16-9-20(27)24(13-16)17-5-7-29-8-6-17/h3-4,14-17H,1-2,5-13H2. The minimum absolute atomic E-state index is 0.0762. The van der Waals surface area contributed by atoms with Crippen molar-refractivity contribution in [3.63, 3.8) is 0 Å². The van der Waals surface area contributed by atoms with Crippen LogP contribution >= 0.6 is 0 Å². The summed E-state index contributed by atoms with van der Waals surface area (Å²) in [6.45, 7) is 3.76. The van der Waals surface area contributed by atoms with Gasteiger partial charge in [0, 0.05) is 63.2 Å². The number of carbonyl (C=O) groups excluding carboxylic acids is 2. The molecule has 0 radical (unpaired) electrons. The average Bonchev–Trinajstić information content (AvgIpc) is 3.47. The third kappa shape index (κ3) is 3.82. The van der Waals surface area contributed by atoms with Gasteiger partial charge in [-0.3, -0.25) is 14.4 Å². The number of ether oxygens (including phenoxy) is 1. The fourth-order valence-electron chi connectivity index (χ4n) is 4.81. The van der Waals surface area contributed by atoms with E-state index in [4.69, 9.17) is 4.74 Å². The molecule has 1 aliphatic carbocycles. The summed E-state index contributed by atoms with van der Waals surface area (Å²) < 4.78 is 6.95. The van der Waals surface area contributed by atoms with Gasteiger partial charge in [-0.15, -0.1) is 0 Å². The molecule has 156 valence electrons. The second kappa shape index (κ2) is 7.55. The van der Waals surface area contributed by atoms with Gasteiger partial charge in [0.2, 0.25) is 11.8 Å². The Morgan fingerprint density at radius 3 is 2.55 bits per heavy atom. The maximum Gasteiger partial charge on any atom is 0.266 e. The van der Waals surface area contributed by atoms with Crippen molar-refractivity contribution in [2.45, 2.75) is 50.6 Å². The minimum atomic E-state index is -0.231. The van der Waals surface area contributed by atoms with E-state index in [1.807, 2.05) is 15.9 Å². The lowest BCUT2D eigenvalue weighted by Gasteiger charge is -2.40. The van der Waals surface area contributed by atoms with Gasteiger partial charge in [0.1, 0.15) is 0 Å². The average molecular weight is 400 g/mol. The summed E-state index contributed by atoms with van der Waals surface area (Å²) >= 11 is 0. The second-order valence-electron chi connectivity index (χ2n) is 8.95. The lowest BCUT2D eigenvalue weighted by Crippen LogP contribution is -2.54. The van der Waals surface area contributed by atoms with Crippen molar-refractivity contribution in [3.8, 4) is 0 Å². The molecule has 5 rings (SSSR count). The predicted molar refractivity (Wildman–Crippen MR) is 104 cm³/mol. The fraction of sp³-hybridized carbons (Fsp3) is 0.714. The third-order valence-electron chi connectivity index (χ3n) is 6.72. The van der Waals surface area contributed by atoms with E-state index in [-0.39, 0.29) is 35.3 Å². The van der Waals surface area contributed by atoms with E-state index >= 15 is 0 Å². The molecule has 1 aromatic rings. The van der Waals surface area contributed by atoms with E-state index in [9.17, 15) is 14.4 Å². The molecule has 0 bridgehead atoms. The zero-order chi connectivity index (χ0) is 20.0. The Bertz CT molecular complexity index is 852. The molecule has 3 saturated heterocycles. The Labute approximate surface area is 169 Å². The van der Waals surface area contributed by atoms with E-state index in [1.54, 1.807) is 10.7 Å². The summed E-state index contributed by atoms with van der Waals surface area (Å²) in [7, 11) is 0. The van der Waals surface area contributed by atoms with Crippen molar-refractivity contribution in [3.05, 3.63) is 28.2 Å². The molecule has 4 fully saturated rings. The Kier molecular flexibility index (Phi) is 4.89. The van der Waals surface area contributed by atoms with Crippen LogP contribution in [0, 0.1) is 11.8 Å². The first-order valence-electron chi connectivity index (χ1n) is 10.8. The molecule has 1 unspecified atom stereocenters. The summed E-state index contributed by atoms with van der Waals surface area (Å²) in [4.78, 5) is 41.1. The molecule has 1 aromatic heterocycles. The van der Waals surface area contributed by atoms with Gasteiger partial charge < -0.3 is 14.5 Å². The smallest absolute Gasteiger partial charge is 0.266 e. The van der Waals surface area contributed by atoms with E-state index in [1.165, 1.54) is 0 Å². The Morgan fingerprint density at radius 2 is 1.83 bits per heavy atom. The van der Waals surface area contributed by atoms with Gasteiger partial charge >= 0.3 is 0 Å². The summed E-state index contributed by atoms with van der Waals surface area (Å²) in [5.74, 6) is 0.712. The van der Waals surface area contributed by atoms with Crippen LogP contribution in [0.4, 0.5) is 0 Å². The van der Waals surface area contributed by atoms with Gasteiger partial charge in [-0.05, 0) is 31.7 Å². The lowest BCUT2D eigenvalue weighted by atomic mass is 9.96. The molecule has 29 heavy (non-hydrogen) atoms. The van der Waals surface area contributed by atoms with Crippen molar-refractivity contribution in [1.29, 1.82) is 0 Å². The Hall–Kier alpha value is -2.22. The highest BCUT2D eigenvalue weighted by molar-refractivity contribution is 5.89. The zero-order valence-corrected chi connectivity index (χ0v) is 16.7. The first-order valence-corrected chi connectivity index (χ1v) is 10.8. The third-order valence-corrected chi connectivity index (χ3v) is 6.72. The SMILES string of the molecule is O=C(C1CC(=O)N(C2CCOCC2)C1)N1CC(Cn2nc(C3CC3)ccc2=O)C1. The topological polar surface area (TPSA) is 84.7 Å². The van der Waals surface area contributed by atoms with Crippen molar-refractivity contribution in [1.82, 2.24) is 19.6 Å². The number of carbonyl (C=O) groups is 2. The molecule has 0 spiro atoms. The van der Waals surface area contributed by atoms with E-state index in [0.717, 1.165) is 31.4 Å². The van der Waals surface area contributed by atoms with Gasteiger partial charge in [-0.25, -0.2) is 4.68 Å². The number of aromatic nitrogens is 2. The van der Waals surface area contributed by atoms with Crippen LogP contribution in [0.3, 0.4) is 0 Å². The highest BCUT2D eigenvalue weighted by Crippen LogP contribution is 2.38. The van der Waals surface area contributed by atoms with E-state index in [2.05, 4.69) is 5.10 Å². The highest BCUT2D eigenvalue weighted by atomic mass is 16.5. The van der Waals surface area contributed by atoms with Crippen molar-refractivity contribution in [2.24, 2.45) is 11.8 Å². The number of likely N-dealkylation sites (tertiary alicyclic amines) is 2. The number of rotatable bonds is 5. The highest BCUT2D eigenvalue weighted by Gasteiger charge is 2.42. The van der Waals surface area contributed by atoms with Gasteiger partial charge in [0.25, 0.3) is 5.56 Å². The first-order chi connectivity index (χ1) is 14.1. The molecule has 1 atom stereocenters. The van der Waals surface area contributed by atoms with Gasteiger partial charge in [0.05, 0.1) is 18.2 Å². The van der Waals surface area contributed by atoms with Crippen LogP contribution in [-0.4, -0.2) is 70.3 Å². The van der Waals surface area contributed by atoms with Crippen LogP contribution in [0.15, 0.2) is 16.9 Å². The molecule has 4 heterocycles. The van der Waals surface area contributed by atoms with Crippen molar-refractivity contribution < 1.29 is 14.3 Å². The molecule has 1 saturated carbocycles. The first kappa shape index (κ1) is 18.8. The van der Waals surface area contributed by atoms with Gasteiger partial charge in [-0.1, -0.05) is 0 Å². The predicted octanol–water partition coefficient (Wildman–Crippen LogP) is 0.607. The molecule has 8 nitrogen and oxygen atoms in total. The van der Waals surface area contributed by atoms with Crippen LogP contribution in [0.5, 0.6) is 0 Å². The number of nitrogens with zero attached hydrogens (tertiary/aromatic N) is 4. The maximum absolute atomic E-state index is 12.9. The molecule has 0 N–H and O–H groups in total. The number of hydrogen-bond acceptors (Lipinski definition) is 5. The summed E-state index contributed by atoms with van der Waals surface area (Å²) in [5, 5.41) is 4.51. The molecule has 0 aromatic carbocycles. The van der Waals surface area contributed by atoms with Crippen LogP contribution in [0.25, 0.3) is 0 Å². The molecule has 2 amide bonds. The molecule has 4 aliphatic rings. The Morgan fingerprint density at radius 1 is 1.07 bits per heavy atom. The summed E-state index contributed by atoms with van der Waals surface area (Å²) in [6.07, 6.45) is 4.35. The summed E-state index contributed by atoms with van der Waals surface area (Å²) in [6, 6.07) is 3.67. The zero-order valence-electron chi connectivity index (χ0n) is 16.7. The summed E-state index contributed by atoms with van der Waals surface area (Å²) in [5.41, 5.74) is 0.933.